The Balaban J connectivity index is 0.00000289. The molecule has 1 aromatic rings. The molecule has 0 heterocycles. The van der Waals surface area contributed by atoms with Crippen molar-refractivity contribution in [3.8, 4) is 5.75 Å². The van der Waals surface area contributed by atoms with Gasteiger partial charge in [0, 0.05) is 6.42 Å². The number of benzene rings is 1. The summed E-state index contributed by atoms with van der Waals surface area (Å²) in [6.07, 6.45) is 0.0743. The van der Waals surface area contributed by atoms with E-state index in [1.165, 1.54) is 26.4 Å². The summed E-state index contributed by atoms with van der Waals surface area (Å²) in [6.45, 7) is 0. The summed E-state index contributed by atoms with van der Waals surface area (Å²) in [4.78, 5) is 0.224. The molecule has 0 atom stereocenters. The Hall–Kier alpha value is -1.27. The number of rotatable bonds is 5. The van der Waals surface area contributed by atoms with E-state index in [0.717, 1.165) is 0 Å². The monoisotopic (exact) mass is 293 g/mol. The Morgan fingerprint density at radius 2 is 1.78 bits per heavy atom. The van der Waals surface area contributed by atoms with Crippen LogP contribution in [0.5, 0.6) is 5.75 Å². The van der Waals surface area contributed by atoms with E-state index in [0.29, 0.717) is 5.75 Å². The second-order valence-electron chi connectivity index (χ2n) is 3.37. The molecule has 0 amide bonds. The van der Waals surface area contributed by atoms with Crippen LogP contribution in [0.4, 0.5) is 0 Å². The van der Waals surface area contributed by atoms with Crippen molar-refractivity contribution in [3.05, 3.63) is 24.3 Å². The molecular formula is C11H16ClNO4S. The van der Waals surface area contributed by atoms with Crippen LogP contribution in [0, 0.1) is 5.41 Å². The van der Waals surface area contributed by atoms with Gasteiger partial charge >= 0.3 is 0 Å². The molecule has 5 nitrogen and oxygen atoms in total. The molecule has 0 fully saturated rings. The van der Waals surface area contributed by atoms with E-state index in [1.807, 2.05) is 0 Å². The highest BCUT2D eigenvalue weighted by molar-refractivity contribution is 7.91. The van der Waals surface area contributed by atoms with Crippen molar-refractivity contribution in [2.24, 2.45) is 0 Å². The Labute approximate surface area is 113 Å². The molecular weight excluding hydrogens is 278 g/mol. The van der Waals surface area contributed by atoms with Gasteiger partial charge in [-0.25, -0.2) is 8.42 Å². The van der Waals surface area contributed by atoms with Crippen molar-refractivity contribution in [2.45, 2.75) is 11.3 Å². The van der Waals surface area contributed by atoms with Crippen molar-refractivity contribution >= 4 is 28.1 Å². The zero-order valence-electron chi connectivity index (χ0n) is 10.2. The molecule has 1 N–H and O–H groups in total. The van der Waals surface area contributed by atoms with Gasteiger partial charge in [0.1, 0.15) is 5.75 Å². The first-order chi connectivity index (χ1) is 7.99. The van der Waals surface area contributed by atoms with Gasteiger partial charge in [-0.15, -0.1) is 12.4 Å². The van der Waals surface area contributed by atoms with E-state index in [2.05, 4.69) is 4.74 Å². The Morgan fingerprint density at radius 3 is 2.22 bits per heavy atom. The van der Waals surface area contributed by atoms with Crippen molar-refractivity contribution < 1.29 is 17.9 Å². The van der Waals surface area contributed by atoms with E-state index in [9.17, 15) is 8.42 Å². The predicted octanol–water partition coefficient (Wildman–Crippen LogP) is 1.90. The van der Waals surface area contributed by atoms with Gasteiger partial charge in [-0.2, -0.15) is 0 Å². The van der Waals surface area contributed by atoms with Gasteiger partial charge in [0.25, 0.3) is 0 Å². The smallest absolute Gasteiger partial charge is 0.181 e. The van der Waals surface area contributed by atoms with Crippen molar-refractivity contribution in [2.75, 3.05) is 20.0 Å². The number of sulfone groups is 1. The molecule has 102 valence electrons. The molecule has 0 radical (unpaired) electrons. The first-order valence-electron chi connectivity index (χ1n) is 4.98. The van der Waals surface area contributed by atoms with Gasteiger partial charge in [-0.3, -0.25) is 5.41 Å². The highest BCUT2D eigenvalue weighted by Crippen LogP contribution is 2.17. The van der Waals surface area contributed by atoms with E-state index in [4.69, 9.17) is 10.1 Å². The molecule has 0 aliphatic heterocycles. The summed E-state index contributed by atoms with van der Waals surface area (Å²) >= 11 is 0. The minimum atomic E-state index is -3.37. The summed E-state index contributed by atoms with van der Waals surface area (Å²) in [5, 5.41) is 7.24. The largest absolute Gasteiger partial charge is 0.497 e. The van der Waals surface area contributed by atoms with Crippen LogP contribution in [-0.2, 0) is 14.6 Å². The van der Waals surface area contributed by atoms with Crippen LogP contribution in [0.2, 0.25) is 0 Å². The summed E-state index contributed by atoms with van der Waals surface area (Å²) < 4.78 is 33.3. The normalized spacial score (nSPS) is 10.3. The third-order valence-corrected chi connectivity index (χ3v) is 3.99. The SMILES string of the molecule is COC(=N)CCS(=O)(=O)c1ccc(OC)cc1.Cl. The minimum Gasteiger partial charge on any atom is -0.497 e. The molecule has 0 spiro atoms. The predicted molar refractivity (Wildman–Crippen MR) is 71.6 cm³/mol. The van der Waals surface area contributed by atoms with E-state index < -0.39 is 9.84 Å². The first kappa shape index (κ1) is 16.7. The van der Waals surface area contributed by atoms with Gasteiger partial charge in [0.15, 0.2) is 15.7 Å². The van der Waals surface area contributed by atoms with Gasteiger partial charge in [-0.05, 0) is 24.3 Å². The fourth-order valence-corrected chi connectivity index (χ4v) is 2.47. The number of hydrogen-bond donors (Lipinski definition) is 1. The van der Waals surface area contributed by atoms with Crippen LogP contribution in [0.15, 0.2) is 29.2 Å². The quantitative estimate of drug-likeness (QED) is 0.664. The molecule has 18 heavy (non-hydrogen) atoms. The van der Waals surface area contributed by atoms with Gasteiger partial charge in [0.2, 0.25) is 0 Å². The summed E-state index contributed by atoms with van der Waals surface area (Å²) in [6, 6.07) is 6.16. The molecule has 1 aromatic carbocycles. The first-order valence-corrected chi connectivity index (χ1v) is 6.63. The van der Waals surface area contributed by atoms with Crippen LogP contribution >= 0.6 is 12.4 Å². The van der Waals surface area contributed by atoms with Crippen LogP contribution in [0.25, 0.3) is 0 Å². The van der Waals surface area contributed by atoms with Crippen LogP contribution in [-0.4, -0.2) is 34.3 Å². The number of ether oxygens (including phenoxy) is 2. The van der Waals surface area contributed by atoms with Gasteiger partial charge < -0.3 is 9.47 Å². The maximum Gasteiger partial charge on any atom is 0.181 e. The average molecular weight is 294 g/mol. The molecule has 0 aliphatic rings. The van der Waals surface area contributed by atoms with Gasteiger partial charge in [0.05, 0.1) is 24.9 Å². The van der Waals surface area contributed by atoms with Crippen LogP contribution < -0.4 is 4.74 Å². The van der Waals surface area contributed by atoms with E-state index in [1.54, 1.807) is 12.1 Å². The van der Waals surface area contributed by atoms with E-state index in [-0.39, 0.29) is 35.4 Å². The second kappa shape index (κ2) is 7.23. The lowest BCUT2D eigenvalue weighted by atomic mass is 10.3. The zero-order valence-corrected chi connectivity index (χ0v) is 11.8. The lowest BCUT2D eigenvalue weighted by Gasteiger charge is -2.06. The number of methoxy groups -OCH3 is 2. The number of nitrogens with one attached hydrogen (secondary N) is 1. The minimum absolute atomic E-state index is 0. The van der Waals surface area contributed by atoms with Crippen molar-refractivity contribution in [1.82, 2.24) is 0 Å². The molecule has 1 rings (SSSR count). The standard InChI is InChI=1S/C11H15NO4S.ClH/c1-15-9-3-5-10(6-4-9)17(13,14)8-7-11(12)16-2;/h3-6,12H,7-8H2,1-2H3;1H. The molecule has 0 bridgehead atoms. The van der Waals surface area contributed by atoms with Crippen molar-refractivity contribution in [1.29, 1.82) is 5.41 Å². The summed E-state index contributed by atoms with van der Waals surface area (Å²) in [5.74, 6) is 0.433. The molecule has 0 unspecified atom stereocenters. The summed E-state index contributed by atoms with van der Waals surface area (Å²) in [5.41, 5.74) is 0. The Morgan fingerprint density at radius 1 is 1.22 bits per heavy atom. The third kappa shape index (κ3) is 4.54. The highest BCUT2D eigenvalue weighted by Gasteiger charge is 2.15. The maximum absolute atomic E-state index is 11.9. The second-order valence-corrected chi connectivity index (χ2v) is 5.48. The molecule has 7 heteroatoms. The van der Waals surface area contributed by atoms with Crippen LogP contribution in [0.1, 0.15) is 6.42 Å². The topological polar surface area (TPSA) is 76.5 Å². The van der Waals surface area contributed by atoms with Gasteiger partial charge in [-0.1, -0.05) is 0 Å². The zero-order chi connectivity index (χ0) is 12.9. The Bertz CT molecular complexity index is 484. The van der Waals surface area contributed by atoms with E-state index >= 15 is 0 Å². The number of hydrogen-bond acceptors (Lipinski definition) is 5. The average Bonchev–Trinajstić information content (AvgIpc) is 2.36. The molecule has 0 saturated heterocycles. The number of halogens is 1. The summed E-state index contributed by atoms with van der Waals surface area (Å²) in [7, 11) is -0.500. The molecule has 0 aromatic heterocycles. The highest BCUT2D eigenvalue weighted by atomic mass is 35.5. The molecule has 0 saturated carbocycles. The maximum atomic E-state index is 11.9. The van der Waals surface area contributed by atoms with Crippen LogP contribution in [0.3, 0.4) is 0 Å². The third-order valence-electron chi connectivity index (χ3n) is 2.26. The Kier molecular flexibility index (Phi) is 6.72. The fraction of sp³-hybridized carbons (Fsp3) is 0.364. The molecule has 0 aliphatic carbocycles. The fourth-order valence-electron chi connectivity index (χ4n) is 1.23. The lowest BCUT2D eigenvalue weighted by molar-refractivity contribution is 0.388. The lowest BCUT2D eigenvalue weighted by Crippen LogP contribution is -2.11. The van der Waals surface area contributed by atoms with Crippen molar-refractivity contribution in [3.63, 3.8) is 0 Å².